The molecule has 5 heteroatoms. The first-order valence-corrected chi connectivity index (χ1v) is 8.19. The molecule has 2 nitrogen and oxygen atoms in total. The molecular weight excluding hydrogens is 399 g/mol. The first-order chi connectivity index (χ1) is 9.92. The summed E-state index contributed by atoms with van der Waals surface area (Å²) in [5, 5.41) is 3.31. The standard InChI is InChI=1S/C16H17Br2FN2/c1-9-5-12(6-10(2)16(9)18)21-15(8-20)13-4-3-11(17)7-14(13)19/h3-7,15,21H,8,20H2,1-2H3. The predicted octanol–water partition coefficient (Wildman–Crippen LogP) is 5.08. The van der Waals surface area contributed by atoms with E-state index in [4.69, 9.17) is 5.73 Å². The highest BCUT2D eigenvalue weighted by Crippen LogP contribution is 2.28. The number of anilines is 1. The smallest absolute Gasteiger partial charge is 0.129 e. The number of hydrogen-bond donors (Lipinski definition) is 2. The highest BCUT2D eigenvalue weighted by atomic mass is 79.9. The fraction of sp³-hybridized carbons (Fsp3) is 0.250. The summed E-state index contributed by atoms with van der Waals surface area (Å²) in [4.78, 5) is 0. The number of benzene rings is 2. The molecule has 0 saturated heterocycles. The van der Waals surface area contributed by atoms with Crippen molar-refractivity contribution < 1.29 is 4.39 Å². The molecule has 0 aliphatic carbocycles. The van der Waals surface area contributed by atoms with Gasteiger partial charge in [0.15, 0.2) is 0 Å². The largest absolute Gasteiger partial charge is 0.377 e. The van der Waals surface area contributed by atoms with E-state index in [9.17, 15) is 4.39 Å². The van der Waals surface area contributed by atoms with Crippen LogP contribution in [0, 0.1) is 19.7 Å². The maximum absolute atomic E-state index is 14.1. The molecule has 0 heterocycles. The Kier molecular flexibility index (Phi) is 5.41. The Morgan fingerprint density at radius 3 is 2.29 bits per heavy atom. The quantitative estimate of drug-likeness (QED) is 0.730. The van der Waals surface area contributed by atoms with Crippen molar-refractivity contribution in [2.75, 3.05) is 11.9 Å². The van der Waals surface area contributed by atoms with Gasteiger partial charge in [-0.3, -0.25) is 0 Å². The van der Waals surface area contributed by atoms with Crippen LogP contribution < -0.4 is 11.1 Å². The van der Waals surface area contributed by atoms with Gasteiger partial charge in [-0.15, -0.1) is 0 Å². The van der Waals surface area contributed by atoms with E-state index < -0.39 is 0 Å². The van der Waals surface area contributed by atoms with Gasteiger partial charge in [-0.05, 0) is 49.2 Å². The minimum absolute atomic E-state index is 0.266. The average Bonchev–Trinajstić information content (AvgIpc) is 2.42. The second-order valence-electron chi connectivity index (χ2n) is 5.02. The van der Waals surface area contributed by atoms with Crippen molar-refractivity contribution in [2.45, 2.75) is 19.9 Å². The van der Waals surface area contributed by atoms with Gasteiger partial charge in [0.05, 0.1) is 6.04 Å². The third-order valence-electron chi connectivity index (χ3n) is 3.35. The van der Waals surface area contributed by atoms with E-state index in [-0.39, 0.29) is 11.9 Å². The van der Waals surface area contributed by atoms with Gasteiger partial charge in [-0.25, -0.2) is 4.39 Å². The molecule has 1 atom stereocenters. The van der Waals surface area contributed by atoms with E-state index >= 15 is 0 Å². The van der Waals surface area contributed by atoms with E-state index in [0.717, 1.165) is 25.8 Å². The predicted molar refractivity (Wildman–Crippen MR) is 93.1 cm³/mol. The lowest BCUT2D eigenvalue weighted by atomic mass is 10.0. The molecule has 2 rings (SSSR count). The van der Waals surface area contributed by atoms with Crippen LogP contribution in [0.4, 0.5) is 10.1 Å². The lowest BCUT2D eigenvalue weighted by Gasteiger charge is -2.20. The lowest BCUT2D eigenvalue weighted by molar-refractivity contribution is 0.592. The molecule has 0 amide bonds. The van der Waals surface area contributed by atoms with Crippen LogP contribution in [0.15, 0.2) is 39.3 Å². The van der Waals surface area contributed by atoms with Crippen molar-refractivity contribution in [3.63, 3.8) is 0 Å². The third-order valence-corrected chi connectivity index (χ3v) is 5.10. The Morgan fingerprint density at radius 2 is 1.76 bits per heavy atom. The monoisotopic (exact) mass is 414 g/mol. The molecule has 2 aromatic rings. The van der Waals surface area contributed by atoms with E-state index in [0.29, 0.717) is 12.1 Å². The molecule has 0 spiro atoms. The molecular formula is C16H17Br2FN2. The zero-order valence-corrected chi connectivity index (χ0v) is 15.1. The summed E-state index contributed by atoms with van der Waals surface area (Å²) >= 11 is 6.81. The molecule has 1 unspecified atom stereocenters. The maximum Gasteiger partial charge on any atom is 0.129 e. The van der Waals surface area contributed by atoms with Crippen LogP contribution in [-0.4, -0.2) is 6.54 Å². The fourth-order valence-electron chi connectivity index (χ4n) is 2.28. The zero-order valence-electron chi connectivity index (χ0n) is 11.9. The minimum Gasteiger partial charge on any atom is -0.377 e. The average molecular weight is 416 g/mol. The van der Waals surface area contributed by atoms with Gasteiger partial charge in [0.25, 0.3) is 0 Å². The molecule has 0 bridgehead atoms. The summed E-state index contributed by atoms with van der Waals surface area (Å²) in [7, 11) is 0. The van der Waals surface area contributed by atoms with Gasteiger partial charge in [-0.2, -0.15) is 0 Å². The first kappa shape index (κ1) is 16.5. The number of nitrogens with one attached hydrogen (secondary N) is 1. The van der Waals surface area contributed by atoms with Crippen molar-refractivity contribution >= 4 is 37.5 Å². The van der Waals surface area contributed by atoms with E-state index in [1.165, 1.54) is 6.07 Å². The van der Waals surface area contributed by atoms with Gasteiger partial charge in [0, 0.05) is 26.7 Å². The highest BCUT2D eigenvalue weighted by molar-refractivity contribution is 9.10. The van der Waals surface area contributed by atoms with Crippen molar-refractivity contribution in [1.29, 1.82) is 0 Å². The Hall–Kier alpha value is -0.910. The summed E-state index contributed by atoms with van der Waals surface area (Å²) in [5.41, 5.74) is 9.58. The molecule has 0 saturated carbocycles. The van der Waals surface area contributed by atoms with Gasteiger partial charge in [0.1, 0.15) is 5.82 Å². The van der Waals surface area contributed by atoms with Crippen molar-refractivity contribution in [3.05, 3.63) is 61.8 Å². The van der Waals surface area contributed by atoms with Crippen LogP contribution in [0.25, 0.3) is 0 Å². The number of aryl methyl sites for hydroxylation is 2. The summed E-state index contributed by atoms with van der Waals surface area (Å²) in [6.07, 6.45) is 0. The molecule has 0 radical (unpaired) electrons. The van der Waals surface area contributed by atoms with Crippen molar-refractivity contribution in [2.24, 2.45) is 5.73 Å². The second-order valence-corrected chi connectivity index (χ2v) is 6.73. The summed E-state index contributed by atoms with van der Waals surface area (Å²) in [6, 6.07) is 8.81. The Labute approximate surface area is 141 Å². The Morgan fingerprint density at radius 1 is 1.14 bits per heavy atom. The van der Waals surface area contributed by atoms with Gasteiger partial charge >= 0.3 is 0 Å². The molecule has 3 N–H and O–H groups in total. The number of halogens is 3. The molecule has 21 heavy (non-hydrogen) atoms. The van der Waals surface area contributed by atoms with E-state index in [1.54, 1.807) is 6.07 Å². The third kappa shape index (κ3) is 3.84. The molecule has 0 aliphatic rings. The summed E-state index contributed by atoms with van der Waals surface area (Å²) < 4.78 is 15.9. The van der Waals surface area contributed by atoms with E-state index in [2.05, 4.69) is 37.2 Å². The number of nitrogens with two attached hydrogens (primary N) is 1. The number of hydrogen-bond acceptors (Lipinski definition) is 2. The lowest BCUT2D eigenvalue weighted by Crippen LogP contribution is -2.21. The molecule has 0 aromatic heterocycles. The minimum atomic E-state index is -0.266. The van der Waals surface area contributed by atoms with Crippen LogP contribution in [0.1, 0.15) is 22.7 Å². The second kappa shape index (κ2) is 6.90. The maximum atomic E-state index is 14.1. The molecule has 112 valence electrons. The Balaban J connectivity index is 2.31. The zero-order chi connectivity index (χ0) is 15.6. The number of rotatable bonds is 4. The van der Waals surface area contributed by atoms with Crippen molar-refractivity contribution in [1.82, 2.24) is 0 Å². The van der Waals surface area contributed by atoms with Crippen LogP contribution in [0.2, 0.25) is 0 Å². The van der Waals surface area contributed by atoms with Crippen LogP contribution in [-0.2, 0) is 0 Å². The van der Waals surface area contributed by atoms with Crippen LogP contribution in [0.3, 0.4) is 0 Å². The molecule has 0 aliphatic heterocycles. The van der Waals surface area contributed by atoms with Crippen LogP contribution >= 0.6 is 31.9 Å². The topological polar surface area (TPSA) is 38.0 Å². The first-order valence-electron chi connectivity index (χ1n) is 6.60. The van der Waals surface area contributed by atoms with Gasteiger partial charge < -0.3 is 11.1 Å². The SMILES string of the molecule is Cc1cc(NC(CN)c2ccc(Br)cc2F)cc(C)c1Br. The molecule has 2 aromatic carbocycles. The van der Waals surface area contributed by atoms with Crippen LogP contribution in [0.5, 0.6) is 0 Å². The highest BCUT2D eigenvalue weighted by Gasteiger charge is 2.15. The summed E-state index contributed by atoms with van der Waals surface area (Å²) in [5.74, 6) is -0.266. The van der Waals surface area contributed by atoms with Gasteiger partial charge in [-0.1, -0.05) is 37.9 Å². The normalized spacial score (nSPS) is 12.3. The van der Waals surface area contributed by atoms with Gasteiger partial charge in [0.2, 0.25) is 0 Å². The van der Waals surface area contributed by atoms with E-state index in [1.807, 2.05) is 32.0 Å². The molecule has 0 fully saturated rings. The fourth-order valence-corrected chi connectivity index (χ4v) is 2.84. The summed E-state index contributed by atoms with van der Waals surface area (Å²) in [6.45, 7) is 4.37. The van der Waals surface area contributed by atoms with Crippen molar-refractivity contribution in [3.8, 4) is 0 Å². The Bertz CT molecular complexity index is 636.